The van der Waals surface area contributed by atoms with Crippen molar-refractivity contribution in [1.82, 2.24) is 0 Å². The van der Waals surface area contributed by atoms with Crippen LogP contribution in [0.2, 0.25) is 0 Å². The number of alkyl halides is 5. The lowest BCUT2D eigenvalue weighted by molar-refractivity contribution is -0.0708. The first-order valence-corrected chi connectivity index (χ1v) is 3.87. The largest absolute Gasteiger partial charge is 0.313 e. The lowest BCUT2D eigenvalue weighted by Gasteiger charge is -2.25. The summed E-state index contributed by atoms with van der Waals surface area (Å²) in [7, 11) is 0. The Labute approximate surface area is 82.9 Å². The van der Waals surface area contributed by atoms with Crippen LogP contribution in [-0.4, -0.2) is 15.1 Å². The third kappa shape index (κ3) is 3.18. The van der Waals surface area contributed by atoms with E-state index in [1.54, 1.807) is 0 Å². The Bertz CT molecular complexity index is 108. The zero-order valence-electron chi connectivity index (χ0n) is 4.41. The molecule has 0 aromatic carbocycles. The molecule has 10 heavy (non-hydrogen) atoms. The average molecular weight is 247 g/mol. The molecule has 7 heteroatoms. The molecule has 0 saturated carbocycles. The molecule has 0 aromatic heterocycles. The minimum absolute atomic E-state index is 0.971. The summed E-state index contributed by atoms with van der Waals surface area (Å²) in [6.07, 6.45) is 0. The van der Waals surface area contributed by atoms with Crippen molar-refractivity contribution >= 4 is 58.0 Å². The lowest BCUT2D eigenvalue weighted by atomic mass is 10.8. The van der Waals surface area contributed by atoms with Gasteiger partial charge in [0, 0.05) is 0 Å². The van der Waals surface area contributed by atoms with Crippen molar-refractivity contribution in [2.24, 2.45) is 0 Å². The third-order valence-electron chi connectivity index (χ3n) is 0.570. The van der Waals surface area contributed by atoms with Gasteiger partial charge in [-0.2, -0.15) is 0 Å². The van der Waals surface area contributed by atoms with Crippen molar-refractivity contribution in [3.8, 4) is 0 Å². The van der Waals surface area contributed by atoms with Crippen LogP contribution in [0.3, 0.4) is 0 Å². The van der Waals surface area contributed by atoms with Crippen molar-refractivity contribution in [3.63, 3.8) is 0 Å². The van der Waals surface area contributed by atoms with Gasteiger partial charge in [0.15, 0.2) is 6.79 Å². The maximum Gasteiger partial charge on any atom is 0.267 e. The summed E-state index contributed by atoms with van der Waals surface area (Å²) in [6, 6.07) is 0. The normalized spacial score (nSPS) is 13.8. The molecule has 1 radical (unpaired) electrons. The van der Waals surface area contributed by atoms with Gasteiger partial charge < -0.3 is 4.74 Å². The predicted molar refractivity (Wildman–Crippen MR) is 41.4 cm³/mol. The van der Waals surface area contributed by atoms with Gasteiger partial charge in [0.05, 0.1) is 0 Å². The number of rotatable bonds is 2. The second-order valence-electron chi connectivity index (χ2n) is 1.28. The number of hydrogen-bond donors (Lipinski definition) is 0. The maximum absolute atomic E-state index is 9.83. The van der Waals surface area contributed by atoms with E-state index in [9.17, 15) is 5.11 Å². The van der Waals surface area contributed by atoms with E-state index in [0.29, 0.717) is 0 Å². The molecule has 0 aliphatic heterocycles. The first kappa shape index (κ1) is 11.4. The summed E-state index contributed by atoms with van der Waals surface area (Å²) in [5, 5.41) is 9.83. The molecule has 0 bridgehead atoms. The minimum Gasteiger partial charge on any atom is -0.313 e. The van der Waals surface area contributed by atoms with Crippen LogP contribution in [0.1, 0.15) is 0 Å². The van der Waals surface area contributed by atoms with Gasteiger partial charge in [0.1, 0.15) is 0 Å². The van der Waals surface area contributed by atoms with E-state index in [1.165, 1.54) is 0 Å². The second-order valence-corrected chi connectivity index (χ2v) is 4.82. The second kappa shape index (κ2) is 3.85. The topological polar surface area (TPSA) is 29.1 Å². The SMILES string of the molecule is [O]COC(Cl)(Cl)C(Cl)(Cl)Cl. The number of halogens is 5. The summed E-state index contributed by atoms with van der Waals surface area (Å²) in [5.41, 5.74) is 0. The molecular weight excluding hydrogens is 245 g/mol. The summed E-state index contributed by atoms with van der Waals surface area (Å²) in [4.78, 5) is 0. The van der Waals surface area contributed by atoms with Crippen LogP contribution in [0.15, 0.2) is 0 Å². The Hall–Kier alpha value is 1.37. The average Bonchev–Trinajstić information content (AvgIpc) is 1.61. The highest BCUT2D eigenvalue weighted by Crippen LogP contribution is 2.46. The Morgan fingerprint density at radius 2 is 1.50 bits per heavy atom. The van der Waals surface area contributed by atoms with Crippen molar-refractivity contribution in [2.45, 2.75) is 8.31 Å². The fraction of sp³-hybridized carbons (Fsp3) is 1.00. The molecule has 0 heterocycles. The van der Waals surface area contributed by atoms with E-state index in [1.807, 2.05) is 0 Å². The van der Waals surface area contributed by atoms with Gasteiger partial charge >= 0.3 is 0 Å². The Morgan fingerprint density at radius 3 is 1.60 bits per heavy atom. The number of hydrogen-bond acceptors (Lipinski definition) is 1. The maximum atomic E-state index is 9.83. The van der Waals surface area contributed by atoms with Gasteiger partial charge in [-0.15, -0.1) is 0 Å². The zero-order valence-corrected chi connectivity index (χ0v) is 8.19. The van der Waals surface area contributed by atoms with Gasteiger partial charge in [0.25, 0.3) is 4.52 Å². The van der Waals surface area contributed by atoms with Crippen LogP contribution in [0.4, 0.5) is 0 Å². The van der Waals surface area contributed by atoms with E-state index in [2.05, 4.69) is 4.74 Å². The van der Waals surface area contributed by atoms with Crippen LogP contribution in [0, 0.1) is 0 Å². The molecule has 0 aromatic rings. The van der Waals surface area contributed by atoms with E-state index in [4.69, 9.17) is 58.0 Å². The van der Waals surface area contributed by atoms with Gasteiger partial charge in [-0.3, -0.25) is 0 Å². The molecule has 0 unspecified atom stereocenters. The molecule has 0 N–H and O–H groups in total. The molecule has 0 amide bonds. The van der Waals surface area contributed by atoms with Crippen LogP contribution >= 0.6 is 58.0 Å². The van der Waals surface area contributed by atoms with Gasteiger partial charge in [-0.05, 0) is 0 Å². The van der Waals surface area contributed by atoms with Gasteiger partial charge in [0.2, 0.25) is 3.79 Å². The molecule has 0 fully saturated rings. The van der Waals surface area contributed by atoms with E-state index < -0.39 is 15.1 Å². The molecule has 0 spiro atoms. The van der Waals surface area contributed by atoms with Crippen molar-refractivity contribution < 1.29 is 9.84 Å². The van der Waals surface area contributed by atoms with Crippen molar-refractivity contribution in [3.05, 3.63) is 0 Å². The Kier molecular flexibility index (Phi) is 4.38. The van der Waals surface area contributed by atoms with Crippen LogP contribution in [-0.2, 0) is 9.84 Å². The molecule has 0 aliphatic carbocycles. The van der Waals surface area contributed by atoms with E-state index >= 15 is 0 Å². The smallest absolute Gasteiger partial charge is 0.267 e. The van der Waals surface area contributed by atoms with Crippen molar-refractivity contribution in [1.29, 1.82) is 0 Å². The molecule has 0 rings (SSSR count). The lowest BCUT2D eigenvalue weighted by Crippen LogP contribution is -2.34. The quantitative estimate of drug-likeness (QED) is 0.545. The Balaban J connectivity index is 4.10. The molecule has 0 saturated heterocycles. The zero-order chi connectivity index (χ0) is 8.41. The Morgan fingerprint density at radius 1 is 1.10 bits per heavy atom. The molecule has 61 valence electrons. The van der Waals surface area contributed by atoms with Gasteiger partial charge in [-0.25, -0.2) is 5.11 Å². The fourth-order valence-corrected chi connectivity index (χ4v) is 0.409. The molecule has 0 atom stereocenters. The first-order chi connectivity index (χ1) is 4.31. The number of ether oxygens (including phenoxy) is 1. The highest BCUT2D eigenvalue weighted by Gasteiger charge is 2.47. The monoisotopic (exact) mass is 245 g/mol. The van der Waals surface area contributed by atoms with Crippen LogP contribution < -0.4 is 0 Å². The standard InChI is InChI=1S/C3H2Cl5O2/c4-2(5,6)3(7,8)10-1-9/h1H2. The minimum atomic E-state index is -2.08. The first-order valence-electron chi connectivity index (χ1n) is 1.98. The summed E-state index contributed by atoms with van der Waals surface area (Å²) in [6.45, 7) is -0.971. The van der Waals surface area contributed by atoms with Gasteiger partial charge in [-0.1, -0.05) is 58.0 Å². The molecular formula is C3H2Cl5O2. The highest BCUT2D eigenvalue weighted by molar-refractivity contribution is 6.75. The van der Waals surface area contributed by atoms with E-state index in [0.717, 1.165) is 0 Å². The third-order valence-corrected chi connectivity index (χ3v) is 2.73. The summed E-state index contributed by atoms with van der Waals surface area (Å²) < 4.78 is 0.0621. The molecule has 2 nitrogen and oxygen atoms in total. The summed E-state index contributed by atoms with van der Waals surface area (Å²) >= 11 is 26.1. The predicted octanol–water partition coefficient (Wildman–Crippen LogP) is 2.89. The summed E-state index contributed by atoms with van der Waals surface area (Å²) in [5.74, 6) is 0. The molecule has 0 aliphatic rings. The van der Waals surface area contributed by atoms with Crippen LogP contribution in [0.5, 0.6) is 0 Å². The van der Waals surface area contributed by atoms with Crippen LogP contribution in [0.25, 0.3) is 0 Å². The highest BCUT2D eigenvalue weighted by atomic mass is 35.6. The fourth-order valence-electron chi connectivity index (χ4n) is 0.156. The van der Waals surface area contributed by atoms with E-state index in [-0.39, 0.29) is 0 Å². The van der Waals surface area contributed by atoms with Crippen molar-refractivity contribution in [2.75, 3.05) is 6.79 Å².